The third-order valence-corrected chi connectivity index (χ3v) is 3.10. The Morgan fingerprint density at radius 1 is 1.53 bits per heavy atom. The summed E-state index contributed by atoms with van der Waals surface area (Å²) in [7, 11) is 1.78. The maximum absolute atomic E-state index is 11.9. The predicted octanol–water partition coefficient (Wildman–Crippen LogP) is 1.66. The highest BCUT2D eigenvalue weighted by atomic mass is 16.3. The number of carbonyl (C=O) groups is 1. The molecule has 0 aliphatic heterocycles. The molecule has 0 aromatic carbocycles. The molecule has 0 bridgehead atoms. The van der Waals surface area contributed by atoms with Crippen molar-refractivity contribution in [3.05, 3.63) is 11.8 Å². The summed E-state index contributed by atoms with van der Waals surface area (Å²) in [5.74, 6) is 0.645. The van der Waals surface area contributed by atoms with Gasteiger partial charge in [-0.05, 0) is 19.8 Å². The van der Waals surface area contributed by atoms with Crippen LogP contribution in [0.5, 0.6) is 0 Å². The molecular weight excluding hydrogens is 244 g/mol. The Kier molecular flexibility index (Phi) is 5.35. The minimum absolute atomic E-state index is 0.0835. The van der Waals surface area contributed by atoms with E-state index < -0.39 is 5.54 Å². The van der Waals surface area contributed by atoms with Crippen LogP contribution < -0.4 is 10.6 Å². The number of aryl methyl sites for hydroxylation is 2. The molecule has 1 aromatic rings. The highest BCUT2D eigenvalue weighted by Crippen LogP contribution is 2.13. The standard InChI is InChI=1S/C13H24N4O2/c1-5-7-13(3,9-18)15-12(19)14-11-8-10(6-2)16-17(11)4/h8,18H,5-7,9H2,1-4H3,(H2,14,15,19). The van der Waals surface area contributed by atoms with Crippen LogP contribution in [0.3, 0.4) is 0 Å². The van der Waals surface area contributed by atoms with Gasteiger partial charge in [0.15, 0.2) is 0 Å². The van der Waals surface area contributed by atoms with E-state index >= 15 is 0 Å². The topological polar surface area (TPSA) is 79.2 Å². The molecule has 108 valence electrons. The van der Waals surface area contributed by atoms with E-state index in [1.54, 1.807) is 11.7 Å². The molecular formula is C13H24N4O2. The molecule has 0 saturated carbocycles. The average molecular weight is 268 g/mol. The van der Waals surface area contributed by atoms with Crippen LogP contribution in [0.25, 0.3) is 0 Å². The molecule has 0 aliphatic carbocycles. The number of aliphatic hydroxyl groups excluding tert-OH is 1. The van der Waals surface area contributed by atoms with Crippen molar-refractivity contribution in [3.8, 4) is 0 Å². The van der Waals surface area contributed by atoms with Crippen molar-refractivity contribution in [2.45, 2.75) is 45.6 Å². The molecule has 1 atom stereocenters. The maximum Gasteiger partial charge on any atom is 0.320 e. The van der Waals surface area contributed by atoms with Gasteiger partial charge in [-0.2, -0.15) is 5.10 Å². The molecule has 6 nitrogen and oxygen atoms in total. The number of aliphatic hydroxyl groups is 1. The Bertz CT molecular complexity index is 430. The number of hydrogen-bond acceptors (Lipinski definition) is 3. The van der Waals surface area contributed by atoms with Crippen LogP contribution in [0, 0.1) is 0 Å². The van der Waals surface area contributed by atoms with Crippen molar-refractivity contribution in [1.29, 1.82) is 0 Å². The second-order valence-corrected chi connectivity index (χ2v) is 5.05. The van der Waals surface area contributed by atoms with Crippen LogP contribution in [0.15, 0.2) is 6.07 Å². The van der Waals surface area contributed by atoms with Gasteiger partial charge in [-0.3, -0.25) is 10.00 Å². The number of anilines is 1. The Morgan fingerprint density at radius 3 is 2.68 bits per heavy atom. The molecule has 1 heterocycles. The number of carbonyl (C=O) groups excluding carboxylic acids is 1. The zero-order valence-corrected chi connectivity index (χ0v) is 12.2. The Hall–Kier alpha value is -1.56. The number of urea groups is 1. The van der Waals surface area contributed by atoms with Gasteiger partial charge in [-0.25, -0.2) is 4.79 Å². The van der Waals surface area contributed by atoms with E-state index in [0.717, 1.165) is 25.0 Å². The van der Waals surface area contributed by atoms with Gasteiger partial charge in [-0.15, -0.1) is 0 Å². The van der Waals surface area contributed by atoms with Gasteiger partial charge in [0.1, 0.15) is 5.82 Å². The quantitative estimate of drug-likeness (QED) is 0.734. The van der Waals surface area contributed by atoms with Gasteiger partial charge in [-0.1, -0.05) is 20.3 Å². The lowest BCUT2D eigenvalue weighted by Gasteiger charge is -2.28. The lowest BCUT2D eigenvalue weighted by molar-refractivity contribution is 0.167. The fourth-order valence-corrected chi connectivity index (χ4v) is 1.97. The first-order valence-electron chi connectivity index (χ1n) is 6.67. The molecule has 1 unspecified atom stereocenters. The third-order valence-electron chi connectivity index (χ3n) is 3.10. The summed E-state index contributed by atoms with van der Waals surface area (Å²) in [6.07, 6.45) is 2.44. The molecule has 0 fully saturated rings. The fraction of sp³-hybridized carbons (Fsp3) is 0.692. The molecule has 2 amide bonds. The summed E-state index contributed by atoms with van der Waals surface area (Å²) in [5.41, 5.74) is 0.335. The van der Waals surface area contributed by atoms with E-state index in [1.807, 2.05) is 26.8 Å². The number of hydrogen-bond donors (Lipinski definition) is 3. The monoisotopic (exact) mass is 268 g/mol. The van der Waals surface area contributed by atoms with Crippen LogP contribution >= 0.6 is 0 Å². The summed E-state index contributed by atoms with van der Waals surface area (Å²) in [5, 5.41) is 19.2. The lowest BCUT2D eigenvalue weighted by Crippen LogP contribution is -2.50. The van der Waals surface area contributed by atoms with Crippen molar-refractivity contribution in [2.75, 3.05) is 11.9 Å². The molecule has 0 spiro atoms. The Labute approximate surface area is 114 Å². The second kappa shape index (κ2) is 6.56. The SMILES string of the molecule is CCCC(C)(CO)NC(=O)Nc1cc(CC)nn1C. The summed E-state index contributed by atoms with van der Waals surface area (Å²) >= 11 is 0. The Morgan fingerprint density at radius 2 is 2.21 bits per heavy atom. The summed E-state index contributed by atoms with van der Waals surface area (Å²) in [6, 6.07) is 1.52. The fourth-order valence-electron chi connectivity index (χ4n) is 1.97. The minimum atomic E-state index is -0.592. The maximum atomic E-state index is 11.9. The largest absolute Gasteiger partial charge is 0.394 e. The Balaban J connectivity index is 2.66. The molecule has 6 heteroatoms. The van der Waals surface area contributed by atoms with Crippen molar-refractivity contribution >= 4 is 11.8 Å². The third kappa shape index (κ3) is 4.24. The first kappa shape index (κ1) is 15.5. The zero-order valence-electron chi connectivity index (χ0n) is 12.2. The number of rotatable bonds is 6. The number of amides is 2. The van der Waals surface area contributed by atoms with Crippen LogP contribution in [0.1, 0.15) is 39.3 Å². The van der Waals surface area contributed by atoms with Crippen LogP contribution in [-0.4, -0.2) is 33.1 Å². The molecule has 0 saturated heterocycles. The first-order valence-corrected chi connectivity index (χ1v) is 6.67. The molecule has 19 heavy (non-hydrogen) atoms. The molecule has 0 radical (unpaired) electrons. The van der Waals surface area contributed by atoms with E-state index in [0.29, 0.717) is 5.82 Å². The zero-order chi connectivity index (χ0) is 14.5. The van der Waals surface area contributed by atoms with Crippen LogP contribution in [0.4, 0.5) is 10.6 Å². The van der Waals surface area contributed by atoms with Crippen LogP contribution in [-0.2, 0) is 13.5 Å². The predicted molar refractivity (Wildman–Crippen MR) is 75.1 cm³/mol. The second-order valence-electron chi connectivity index (χ2n) is 5.05. The normalized spacial score (nSPS) is 13.9. The average Bonchev–Trinajstić information content (AvgIpc) is 2.70. The summed E-state index contributed by atoms with van der Waals surface area (Å²) < 4.78 is 1.63. The molecule has 1 aromatic heterocycles. The smallest absolute Gasteiger partial charge is 0.320 e. The van der Waals surface area contributed by atoms with E-state index in [1.165, 1.54) is 0 Å². The molecule has 3 N–H and O–H groups in total. The number of aromatic nitrogens is 2. The molecule has 1 rings (SSSR count). The first-order chi connectivity index (χ1) is 8.94. The molecule has 0 aliphatic rings. The highest BCUT2D eigenvalue weighted by Gasteiger charge is 2.24. The van der Waals surface area contributed by atoms with Gasteiger partial charge in [0.25, 0.3) is 0 Å². The van der Waals surface area contributed by atoms with E-state index in [2.05, 4.69) is 15.7 Å². The van der Waals surface area contributed by atoms with E-state index in [4.69, 9.17) is 0 Å². The van der Waals surface area contributed by atoms with E-state index in [-0.39, 0.29) is 12.6 Å². The van der Waals surface area contributed by atoms with E-state index in [9.17, 15) is 9.90 Å². The summed E-state index contributed by atoms with van der Waals surface area (Å²) in [4.78, 5) is 11.9. The van der Waals surface area contributed by atoms with Gasteiger partial charge in [0.2, 0.25) is 0 Å². The summed E-state index contributed by atoms with van der Waals surface area (Å²) in [6.45, 7) is 5.77. The van der Waals surface area contributed by atoms with Gasteiger partial charge >= 0.3 is 6.03 Å². The van der Waals surface area contributed by atoms with Crippen molar-refractivity contribution in [3.63, 3.8) is 0 Å². The van der Waals surface area contributed by atoms with Gasteiger partial charge < -0.3 is 10.4 Å². The van der Waals surface area contributed by atoms with Crippen molar-refractivity contribution in [2.24, 2.45) is 7.05 Å². The lowest BCUT2D eigenvalue weighted by atomic mass is 9.98. The van der Waals surface area contributed by atoms with Crippen LogP contribution in [0.2, 0.25) is 0 Å². The number of nitrogens with zero attached hydrogens (tertiary/aromatic N) is 2. The van der Waals surface area contributed by atoms with Crippen molar-refractivity contribution < 1.29 is 9.90 Å². The van der Waals surface area contributed by atoms with Gasteiger partial charge in [0, 0.05) is 13.1 Å². The minimum Gasteiger partial charge on any atom is -0.394 e. The van der Waals surface area contributed by atoms with Gasteiger partial charge in [0.05, 0.1) is 17.8 Å². The highest BCUT2D eigenvalue weighted by molar-refractivity contribution is 5.88. The van der Waals surface area contributed by atoms with Crippen molar-refractivity contribution in [1.82, 2.24) is 15.1 Å². The number of nitrogens with one attached hydrogen (secondary N) is 2.